The summed E-state index contributed by atoms with van der Waals surface area (Å²) in [6.07, 6.45) is 8.47. The third-order valence-electron chi connectivity index (χ3n) is 6.12. The third-order valence-corrected chi connectivity index (χ3v) is 6.12. The summed E-state index contributed by atoms with van der Waals surface area (Å²) in [6, 6.07) is 0. The molecule has 4 saturated carbocycles. The van der Waals surface area contributed by atoms with Crippen LogP contribution in [0.3, 0.4) is 0 Å². The second-order valence-corrected chi connectivity index (χ2v) is 7.84. The Hall–Kier alpha value is -0.830. The van der Waals surface area contributed by atoms with E-state index in [2.05, 4.69) is 13.5 Å². The average molecular weight is 306 g/mol. The lowest BCUT2D eigenvalue weighted by Gasteiger charge is -2.60. The van der Waals surface area contributed by atoms with Gasteiger partial charge in [-0.2, -0.15) is 0 Å². The van der Waals surface area contributed by atoms with Crippen LogP contribution in [0.5, 0.6) is 0 Å². The molecule has 0 saturated heterocycles. The highest BCUT2D eigenvalue weighted by Crippen LogP contribution is 2.59. The van der Waals surface area contributed by atoms with Crippen LogP contribution in [0.4, 0.5) is 0 Å². The fourth-order valence-electron chi connectivity index (χ4n) is 5.15. The number of carbonyl (C=O) groups is 1. The number of carbonyl (C=O) groups excluding carboxylic acids is 1. The Labute approximate surface area is 134 Å². The van der Waals surface area contributed by atoms with Crippen molar-refractivity contribution in [2.24, 2.45) is 23.7 Å². The molecule has 3 heteroatoms. The van der Waals surface area contributed by atoms with Gasteiger partial charge in [0.25, 0.3) is 0 Å². The van der Waals surface area contributed by atoms with E-state index < -0.39 is 0 Å². The zero-order chi connectivity index (χ0) is 15.7. The molecule has 124 valence electrons. The Balaban J connectivity index is 1.76. The van der Waals surface area contributed by atoms with Gasteiger partial charge in [0.1, 0.15) is 5.60 Å². The lowest BCUT2D eigenvalue weighted by Crippen LogP contribution is -2.62. The number of esters is 1. The first-order valence-corrected chi connectivity index (χ1v) is 9.01. The fraction of sp³-hybridized carbons (Fsp3) is 0.842. The molecule has 4 aliphatic carbocycles. The Morgan fingerprint density at radius 3 is 2.23 bits per heavy atom. The van der Waals surface area contributed by atoms with E-state index in [0.29, 0.717) is 24.0 Å². The molecule has 0 aromatic heterocycles. The zero-order valence-electron chi connectivity index (χ0n) is 14.1. The summed E-state index contributed by atoms with van der Waals surface area (Å²) in [6.45, 7) is 9.03. The van der Waals surface area contributed by atoms with Crippen molar-refractivity contribution in [1.29, 1.82) is 0 Å². The fourth-order valence-corrected chi connectivity index (χ4v) is 5.15. The summed E-state index contributed by atoms with van der Waals surface area (Å²) in [5, 5.41) is 0. The number of hydrogen-bond acceptors (Lipinski definition) is 3. The molecule has 0 aliphatic heterocycles. The van der Waals surface area contributed by atoms with Gasteiger partial charge in [0.2, 0.25) is 0 Å². The van der Waals surface area contributed by atoms with Gasteiger partial charge in [0.05, 0.1) is 6.61 Å². The van der Waals surface area contributed by atoms with Gasteiger partial charge in [-0.1, -0.05) is 19.9 Å². The summed E-state index contributed by atoms with van der Waals surface area (Å²) in [5.74, 6) is 2.47. The van der Waals surface area contributed by atoms with E-state index in [-0.39, 0.29) is 11.6 Å². The van der Waals surface area contributed by atoms with Crippen LogP contribution in [0.2, 0.25) is 0 Å². The topological polar surface area (TPSA) is 35.5 Å². The van der Waals surface area contributed by atoms with E-state index in [1.165, 1.54) is 32.1 Å². The van der Waals surface area contributed by atoms with E-state index >= 15 is 0 Å². The van der Waals surface area contributed by atoms with Crippen LogP contribution < -0.4 is 0 Å². The molecular weight excluding hydrogens is 276 g/mol. The van der Waals surface area contributed by atoms with Gasteiger partial charge in [-0.3, -0.25) is 0 Å². The summed E-state index contributed by atoms with van der Waals surface area (Å²) >= 11 is 0. The molecule has 0 heterocycles. The standard InChI is InChI=1S/C19H30O3/c1-4-5-6-21-12-19(22-18(20)13(2)3)16-8-14-7-15(10-16)11-17(19)9-14/h14-17H,2,4-12H2,1,3H3. The van der Waals surface area contributed by atoms with Crippen LogP contribution in [0.25, 0.3) is 0 Å². The minimum atomic E-state index is -0.378. The highest BCUT2D eigenvalue weighted by atomic mass is 16.6. The van der Waals surface area contributed by atoms with Crippen LogP contribution >= 0.6 is 0 Å². The van der Waals surface area contributed by atoms with E-state index in [0.717, 1.165) is 31.3 Å². The predicted octanol–water partition coefficient (Wildman–Crippen LogP) is 4.12. The summed E-state index contributed by atoms with van der Waals surface area (Å²) < 4.78 is 12.1. The maximum atomic E-state index is 12.3. The summed E-state index contributed by atoms with van der Waals surface area (Å²) in [4.78, 5) is 12.3. The van der Waals surface area contributed by atoms with Crippen molar-refractivity contribution in [2.45, 2.75) is 64.4 Å². The zero-order valence-corrected chi connectivity index (χ0v) is 14.1. The molecule has 0 aromatic rings. The van der Waals surface area contributed by atoms with E-state index in [9.17, 15) is 4.79 Å². The van der Waals surface area contributed by atoms with Crippen LogP contribution in [0.15, 0.2) is 12.2 Å². The first kappa shape index (κ1) is 16.0. The van der Waals surface area contributed by atoms with Crippen LogP contribution in [-0.2, 0) is 14.3 Å². The maximum Gasteiger partial charge on any atom is 0.333 e. The monoisotopic (exact) mass is 306 g/mol. The van der Waals surface area contributed by atoms with Gasteiger partial charge in [0.15, 0.2) is 0 Å². The van der Waals surface area contributed by atoms with Crippen molar-refractivity contribution in [3.05, 3.63) is 12.2 Å². The minimum absolute atomic E-state index is 0.230. The van der Waals surface area contributed by atoms with E-state index in [1.54, 1.807) is 6.92 Å². The van der Waals surface area contributed by atoms with Gasteiger partial charge in [-0.05, 0) is 57.3 Å². The summed E-state index contributed by atoms with van der Waals surface area (Å²) in [7, 11) is 0. The normalized spacial score (nSPS) is 39.0. The quantitative estimate of drug-likeness (QED) is 0.403. The molecule has 0 N–H and O–H groups in total. The number of hydrogen-bond donors (Lipinski definition) is 0. The number of ether oxygens (including phenoxy) is 2. The van der Waals surface area contributed by atoms with Gasteiger partial charge >= 0.3 is 5.97 Å². The number of rotatable bonds is 7. The highest BCUT2D eigenvalue weighted by Gasteiger charge is 2.59. The van der Waals surface area contributed by atoms with E-state index in [1.807, 2.05) is 0 Å². The van der Waals surface area contributed by atoms with Crippen molar-refractivity contribution in [2.75, 3.05) is 13.2 Å². The van der Waals surface area contributed by atoms with Crippen molar-refractivity contribution in [3.8, 4) is 0 Å². The lowest BCUT2D eigenvalue weighted by molar-refractivity contribution is -0.223. The molecule has 22 heavy (non-hydrogen) atoms. The molecule has 4 bridgehead atoms. The summed E-state index contributed by atoms with van der Waals surface area (Å²) in [5.41, 5.74) is 0.124. The van der Waals surface area contributed by atoms with Crippen LogP contribution in [0, 0.1) is 23.7 Å². The largest absolute Gasteiger partial charge is 0.453 e. The SMILES string of the molecule is C=C(C)C(=O)OC1(COCCCC)C2CC3CC(C2)CC1C3. The van der Waals surface area contributed by atoms with Crippen molar-refractivity contribution < 1.29 is 14.3 Å². The average Bonchev–Trinajstić information content (AvgIpc) is 2.47. The van der Waals surface area contributed by atoms with Crippen molar-refractivity contribution in [1.82, 2.24) is 0 Å². The predicted molar refractivity (Wildman–Crippen MR) is 86.4 cm³/mol. The molecule has 0 aromatic carbocycles. The highest BCUT2D eigenvalue weighted by molar-refractivity contribution is 5.87. The molecule has 3 nitrogen and oxygen atoms in total. The second-order valence-electron chi connectivity index (χ2n) is 7.84. The van der Waals surface area contributed by atoms with Crippen LogP contribution in [0.1, 0.15) is 58.8 Å². The molecular formula is C19H30O3. The molecule has 0 unspecified atom stereocenters. The van der Waals surface area contributed by atoms with E-state index in [4.69, 9.17) is 9.47 Å². The van der Waals surface area contributed by atoms with Gasteiger partial charge in [0, 0.05) is 24.0 Å². The maximum absolute atomic E-state index is 12.3. The first-order chi connectivity index (χ1) is 10.5. The van der Waals surface area contributed by atoms with Gasteiger partial charge in [-0.25, -0.2) is 4.79 Å². The molecule has 4 fully saturated rings. The van der Waals surface area contributed by atoms with Crippen molar-refractivity contribution in [3.63, 3.8) is 0 Å². The number of unbranched alkanes of at least 4 members (excludes halogenated alkanes) is 1. The lowest BCUT2D eigenvalue weighted by atomic mass is 9.50. The Kier molecular flexibility index (Phi) is 4.63. The Morgan fingerprint density at radius 1 is 1.14 bits per heavy atom. The van der Waals surface area contributed by atoms with Crippen molar-refractivity contribution >= 4 is 5.97 Å². The Morgan fingerprint density at radius 2 is 1.73 bits per heavy atom. The first-order valence-electron chi connectivity index (χ1n) is 9.01. The minimum Gasteiger partial charge on any atom is -0.453 e. The van der Waals surface area contributed by atoms with Gasteiger partial charge in [-0.15, -0.1) is 0 Å². The molecule has 4 aliphatic rings. The second kappa shape index (κ2) is 6.35. The molecule has 4 rings (SSSR count). The molecule has 0 radical (unpaired) electrons. The Bertz CT molecular complexity index is 412. The molecule has 0 spiro atoms. The molecule has 0 amide bonds. The smallest absolute Gasteiger partial charge is 0.333 e. The third kappa shape index (κ3) is 2.84. The van der Waals surface area contributed by atoms with Crippen LogP contribution in [-0.4, -0.2) is 24.8 Å². The molecule has 0 atom stereocenters. The van der Waals surface area contributed by atoms with Gasteiger partial charge < -0.3 is 9.47 Å².